The van der Waals surface area contributed by atoms with Crippen molar-refractivity contribution in [2.75, 3.05) is 25.5 Å². The van der Waals surface area contributed by atoms with Crippen molar-refractivity contribution in [2.45, 2.75) is 32.7 Å². The summed E-state index contributed by atoms with van der Waals surface area (Å²) in [6.07, 6.45) is 9.12. The average molecular weight is 377 g/mol. The largest absolute Gasteiger partial charge is 0.357 e. The molecule has 0 unspecified atom stereocenters. The number of nitrogens with one attached hydrogen (secondary N) is 1. The van der Waals surface area contributed by atoms with E-state index in [0.717, 1.165) is 36.7 Å². The average Bonchev–Trinajstić information content (AvgIpc) is 3.41. The molecule has 0 amide bonds. The van der Waals surface area contributed by atoms with Crippen molar-refractivity contribution >= 4 is 5.95 Å². The van der Waals surface area contributed by atoms with Crippen molar-refractivity contribution in [3.8, 4) is 22.8 Å². The third-order valence-corrected chi connectivity index (χ3v) is 5.52. The molecule has 8 heteroatoms. The fraction of sp³-hybridized carbons (Fsp3) is 0.450. The van der Waals surface area contributed by atoms with E-state index in [-0.39, 0.29) is 0 Å². The maximum absolute atomic E-state index is 5.51. The van der Waals surface area contributed by atoms with E-state index >= 15 is 0 Å². The van der Waals surface area contributed by atoms with Crippen LogP contribution in [0.1, 0.15) is 29.7 Å². The number of hydrogen-bond donors (Lipinski definition) is 1. The summed E-state index contributed by atoms with van der Waals surface area (Å²) in [6.45, 7) is 5.24. The highest BCUT2D eigenvalue weighted by molar-refractivity contribution is 5.66. The molecule has 1 saturated carbocycles. The highest BCUT2D eigenvalue weighted by Crippen LogP contribution is 2.34. The van der Waals surface area contributed by atoms with Gasteiger partial charge in [-0.3, -0.25) is 9.88 Å². The predicted octanol–water partition coefficient (Wildman–Crippen LogP) is 2.71. The van der Waals surface area contributed by atoms with E-state index in [9.17, 15) is 0 Å². The molecule has 8 nitrogen and oxygen atoms in total. The van der Waals surface area contributed by atoms with Gasteiger partial charge in [-0.15, -0.1) is 0 Å². The molecule has 0 saturated heterocycles. The molecule has 0 aromatic carbocycles. The number of hydrogen-bond acceptors (Lipinski definition) is 8. The Hall–Kier alpha value is -2.87. The van der Waals surface area contributed by atoms with Crippen molar-refractivity contribution in [3.63, 3.8) is 0 Å². The van der Waals surface area contributed by atoms with E-state index in [1.54, 1.807) is 19.4 Å². The van der Waals surface area contributed by atoms with Gasteiger partial charge in [-0.25, -0.2) is 9.97 Å². The number of anilines is 1. The summed E-state index contributed by atoms with van der Waals surface area (Å²) in [6, 6.07) is 0. The van der Waals surface area contributed by atoms with Crippen LogP contribution in [-0.4, -0.2) is 50.1 Å². The SMILES string of the molecule is CNc1ncc(-c2nc(-c3c(C)ncc4c3CCN(CC3CC3)C4)no2)cn1. The molecule has 1 aliphatic carbocycles. The zero-order valence-corrected chi connectivity index (χ0v) is 16.1. The third kappa shape index (κ3) is 3.24. The first-order chi connectivity index (χ1) is 13.7. The quantitative estimate of drug-likeness (QED) is 0.725. The molecule has 1 aliphatic heterocycles. The molecule has 28 heavy (non-hydrogen) atoms. The lowest BCUT2D eigenvalue weighted by molar-refractivity contribution is 0.243. The van der Waals surface area contributed by atoms with Gasteiger partial charge < -0.3 is 9.84 Å². The summed E-state index contributed by atoms with van der Waals surface area (Å²) in [5.74, 6) is 2.46. The van der Waals surface area contributed by atoms with Gasteiger partial charge in [0.05, 0.1) is 5.56 Å². The molecule has 0 spiro atoms. The van der Waals surface area contributed by atoms with E-state index in [1.807, 2.05) is 13.1 Å². The third-order valence-electron chi connectivity index (χ3n) is 5.52. The lowest BCUT2D eigenvalue weighted by Gasteiger charge is -2.29. The van der Waals surface area contributed by atoms with Gasteiger partial charge in [-0.1, -0.05) is 5.16 Å². The summed E-state index contributed by atoms with van der Waals surface area (Å²) in [5, 5.41) is 7.14. The number of nitrogens with zero attached hydrogens (tertiary/aromatic N) is 6. The smallest absolute Gasteiger partial charge is 0.261 e. The second kappa shape index (κ2) is 6.94. The van der Waals surface area contributed by atoms with Crippen molar-refractivity contribution in [2.24, 2.45) is 5.92 Å². The lowest BCUT2D eigenvalue weighted by atomic mass is 9.94. The minimum atomic E-state index is 0.417. The molecule has 1 N–H and O–H groups in total. The first-order valence-corrected chi connectivity index (χ1v) is 9.75. The van der Waals surface area contributed by atoms with E-state index in [1.165, 1.54) is 30.5 Å². The molecule has 144 valence electrons. The number of pyridine rings is 1. The maximum atomic E-state index is 5.51. The van der Waals surface area contributed by atoms with Crippen LogP contribution in [0.4, 0.5) is 5.95 Å². The van der Waals surface area contributed by atoms with Gasteiger partial charge in [-0.2, -0.15) is 4.98 Å². The highest BCUT2D eigenvalue weighted by Gasteiger charge is 2.28. The Bertz CT molecular complexity index is 994. The van der Waals surface area contributed by atoms with Gasteiger partial charge in [-0.05, 0) is 43.2 Å². The van der Waals surface area contributed by atoms with Gasteiger partial charge in [0.25, 0.3) is 5.89 Å². The standard InChI is InChI=1S/C20H23N7O/c1-12-17(16-5-6-27(10-13-3-4-13)11-15(16)9-22-12)18-25-19(28-26-18)14-7-23-20(21-2)24-8-14/h7-9,13H,3-6,10-11H2,1-2H3,(H,21,23,24). The Morgan fingerprint density at radius 3 is 2.75 bits per heavy atom. The first-order valence-electron chi connectivity index (χ1n) is 9.75. The molecule has 2 aliphatic rings. The van der Waals surface area contributed by atoms with Crippen LogP contribution < -0.4 is 5.32 Å². The zero-order chi connectivity index (χ0) is 19.1. The van der Waals surface area contributed by atoms with Crippen LogP contribution in [0.15, 0.2) is 23.1 Å². The Kier molecular flexibility index (Phi) is 4.27. The van der Waals surface area contributed by atoms with Crippen LogP contribution in [-0.2, 0) is 13.0 Å². The summed E-state index contributed by atoms with van der Waals surface area (Å²) in [5.41, 5.74) is 5.22. The molecule has 0 atom stereocenters. The monoisotopic (exact) mass is 377 g/mol. The summed E-state index contributed by atoms with van der Waals surface area (Å²) < 4.78 is 5.51. The Morgan fingerprint density at radius 1 is 1.18 bits per heavy atom. The van der Waals surface area contributed by atoms with Gasteiger partial charge >= 0.3 is 0 Å². The van der Waals surface area contributed by atoms with Gasteiger partial charge in [0.15, 0.2) is 0 Å². The molecule has 4 heterocycles. The minimum absolute atomic E-state index is 0.417. The molecule has 3 aromatic rings. The maximum Gasteiger partial charge on any atom is 0.261 e. The Labute approximate surface area is 163 Å². The van der Waals surface area contributed by atoms with E-state index in [2.05, 4.69) is 35.3 Å². The van der Waals surface area contributed by atoms with Crippen LogP contribution in [0.3, 0.4) is 0 Å². The van der Waals surface area contributed by atoms with Crippen LogP contribution in [0.5, 0.6) is 0 Å². The van der Waals surface area contributed by atoms with Crippen LogP contribution in [0, 0.1) is 12.8 Å². The van der Waals surface area contributed by atoms with Crippen molar-refractivity contribution < 1.29 is 4.52 Å². The summed E-state index contributed by atoms with van der Waals surface area (Å²) >= 11 is 0. The van der Waals surface area contributed by atoms with E-state index in [4.69, 9.17) is 4.52 Å². The predicted molar refractivity (Wildman–Crippen MR) is 105 cm³/mol. The highest BCUT2D eigenvalue weighted by atomic mass is 16.5. The molecule has 1 fully saturated rings. The fourth-order valence-corrected chi connectivity index (χ4v) is 3.84. The zero-order valence-electron chi connectivity index (χ0n) is 16.1. The summed E-state index contributed by atoms with van der Waals surface area (Å²) in [7, 11) is 1.78. The van der Waals surface area contributed by atoms with E-state index in [0.29, 0.717) is 23.2 Å². The molecule has 3 aromatic heterocycles. The molecular weight excluding hydrogens is 354 g/mol. The molecular formula is C20H23N7O. The van der Waals surface area contributed by atoms with Crippen LogP contribution >= 0.6 is 0 Å². The normalized spacial score (nSPS) is 16.8. The van der Waals surface area contributed by atoms with Crippen molar-refractivity contribution in [3.05, 3.63) is 35.4 Å². The lowest BCUT2D eigenvalue weighted by Crippen LogP contribution is -2.32. The van der Waals surface area contributed by atoms with Crippen molar-refractivity contribution in [1.82, 2.24) is 30.0 Å². The number of aromatic nitrogens is 5. The van der Waals surface area contributed by atoms with E-state index < -0.39 is 0 Å². The molecule has 0 bridgehead atoms. The summed E-state index contributed by atoms with van der Waals surface area (Å²) in [4.78, 5) is 20.2. The van der Waals surface area contributed by atoms with Gasteiger partial charge in [0.1, 0.15) is 0 Å². The molecule has 5 rings (SSSR count). The van der Waals surface area contributed by atoms with Crippen LogP contribution in [0.2, 0.25) is 0 Å². The van der Waals surface area contributed by atoms with Crippen LogP contribution in [0.25, 0.3) is 22.8 Å². The fourth-order valence-electron chi connectivity index (χ4n) is 3.84. The minimum Gasteiger partial charge on any atom is -0.357 e. The number of aryl methyl sites for hydroxylation is 1. The second-order valence-corrected chi connectivity index (χ2v) is 7.62. The number of fused-ring (bicyclic) bond motifs is 1. The Balaban J connectivity index is 1.45. The number of rotatable bonds is 5. The Morgan fingerprint density at radius 2 is 2.00 bits per heavy atom. The van der Waals surface area contributed by atoms with Gasteiger partial charge in [0.2, 0.25) is 11.8 Å². The van der Waals surface area contributed by atoms with Gasteiger partial charge in [0, 0.05) is 56.5 Å². The second-order valence-electron chi connectivity index (χ2n) is 7.62. The van der Waals surface area contributed by atoms with Crippen molar-refractivity contribution in [1.29, 1.82) is 0 Å². The first kappa shape index (κ1) is 17.2. The topological polar surface area (TPSA) is 92.9 Å². The molecule has 0 radical (unpaired) electrons.